The molecule has 1 aliphatic heterocycles. The lowest BCUT2D eigenvalue weighted by Crippen LogP contribution is -2.22. The van der Waals surface area contributed by atoms with Crippen molar-refractivity contribution in [3.05, 3.63) is 29.3 Å². The number of hydrogen-bond donors (Lipinski definition) is 1. The Morgan fingerprint density at radius 2 is 1.95 bits per heavy atom. The fourth-order valence-electron chi connectivity index (χ4n) is 2.17. The maximum Gasteiger partial charge on any atom is 0.419 e. The van der Waals surface area contributed by atoms with Crippen molar-refractivity contribution in [2.45, 2.75) is 25.6 Å². The van der Waals surface area contributed by atoms with Crippen molar-refractivity contribution in [3.63, 3.8) is 0 Å². The first-order chi connectivity index (χ1) is 9.50. The van der Waals surface area contributed by atoms with Crippen LogP contribution in [-0.2, 0) is 17.5 Å². The second-order valence-corrected chi connectivity index (χ2v) is 4.90. The zero-order valence-corrected chi connectivity index (χ0v) is 11.1. The van der Waals surface area contributed by atoms with Gasteiger partial charge in [0.2, 0.25) is 0 Å². The van der Waals surface area contributed by atoms with Crippen LogP contribution in [0.1, 0.15) is 24.0 Å². The third kappa shape index (κ3) is 3.86. The molecule has 0 spiro atoms. The van der Waals surface area contributed by atoms with Gasteiger partial charge in [-0.25, -0.2) is 0 Å². The molecule has 1 aromatic rings. The van der Waals surface area contributed by atoms with E-state index < -0.39 is 11.7 Å². The van der Waals surface area contributed by atoms with E-state index in [4.69, 9.17) is 15.2 Å². The molecule has 1 aliphatic rings. The first kappa shape index (κ1) is 15.1. The molecule has 0 unspecified atom stereocenters. The lowest BCUT2D eigenvalue weighted by molar-refractivity contribution is -0.139. The highest BCUT2D eigenvalue weighted by molar-refractivity contribution is 5.39. The molecule has 0 radical (unpaired) electrons. The van der Waals surface area contributed by atoms with Crippen LogP contribution in [0.2, 0.25) is 0 Å². The fourth-order valence-corrected chi connectivity index (χ4v) is 2.17. The van der Waals surface area contributed by atoms with Crippen LogP contribution in [0.15, 0.2) is 18.2 Å². The maximum atomic E-state index is 12.9. The smallest absolute Gasteiger partial charge is 0.419 e. The van der Waals surface area contributed by atoms with E-state index in [2.05, 4.69) is 0 Å². The first-order valence-corrected chi connectivity index (χ1v) is 6.61. The van der Waals surface area contributed by atoms with Crippen LogP contribution in [0.3, 0.4) is 0 Å². The molecule has 2 rings (SSSR count). The van der Waals surface area contributed by atoms with Gasteiger partial charge in [-0.2, -0.15) is 13.2 Å². The van der Waals surface area contributed by atoms with Crippen molar-refractivity contribution >= 4 is 0 Å². The Morgan fingerprint density at radius 3 is 2.55 bits per heavy atom. The molecule has 0 aliphatic carbocycles. The average Bonchev–Trinajstić information content (AvgIpc) is 2.45. The minimum Gasteiger partial charge on any atom is -0.493 e. The van der Waals surface area contributed by atoms with Crippen LogP contribution in [0.25, 0.3) is 0 Å². The van der Waals surface area contributed by atoms with Crippen LogP contribution in [-0.4, -0.2) is 19.8 Å². The molecule has 6 heteroatoms. The van der Waals surface area contributed by atoms with E-state index in [9.17, 15) is 13.2 Å². The van der Waals surface area contributed by atoms with Gasteiger partial charge in [0.25, 0.3) is 0 Å². The summed E-state index contributed by atoms with van der Waals surface area (Å²) in [4.78, 5) is 0. The van der Waals surface area contributed by atoms with Gasteiger partial charge in [0.05, 0.1) is 12.2 Å². The molecule has 112 valence electrons. The number of hydrogen-bond acceptors (Lipinski definition) is 3. The van der Waals surface area contributed by atoms with Gasteiger partial charge in [-0.15, -0.1) is 0 Å². The summed E-state index contributed by atoms with van der Waals surface area (Å²) < 4.78 is 49.4. The summed E-state index contributed by atoms with van der Waals surface area (Å²) in [5.74, 6) is 0.110. The Kier molecular flexibility index (Phi) is 4.88. The van der Waals surface area contributed by atoms with Crippen LogP contribution < -0.4 is 10.5 Å². The topological polar surface area (TPSA) is 44.5 Å². The molecule has 0 saturated carbocycles. The Balaban J connectivity index is 2.11. The largest absolute Gasteiger partial charge is 0.493 e. The lowest BCUT2D eigenvalue weighted by Gasteiger charge is -2.23. The van der Waals surface area contributed by atoms with Crippen LogP contribution in [0.4, 0.5) is 13.2 Å². The van der Waals surface area contributed by atoms with Gasteiger partial charge >= 0.3 is 6.18 Å². The summed E-state index contributed by atoms with van der Waals surface area (Å²) in [6.45, 7) is 1.75. The van der Waals surface area contributed by atoms with Crippen LogP contribution >= 0.6 is 0 Å². The predicted octanol–water partition coefficient (Wildman–Crippen LogP) is 2.97. The van der Waals surface area contributed by atoms with Gasteiger partial charge in [0.15, 0.2) is 0 Å². The van der Waals surface area contributed by atoms with Crippen molar-refractivity contribution < 1.29 is 22.6 Å². The fraction of sp³-hybridized carbons (Fsp3) is 0.571. The normalized spacial score (nSPS) is 17.2. The van der Waals surface area contributed by atoms with E-state index in [1.54, 1.807) is 0 Å². The molecule has 0 amide bonds. The van der Waals surface area contributed by atoms with Crippen molar-refractivity contribution in [1.29, 1.82) is 0 Å². The van der Waals surface area contributed by atoms with E-state index in [1.807, 2.05) is 0 Å². The van der Waals surface area contributed by atoms with Crippen molar-refractivity contribution in [2.75, 3.05) is 19.8 Å². The number of rotatable bonds is 4. The van der Waals surface area contributed by atoms with E-state index in [0.29, 0.717) is 18.8 Å². The number of nitrogens with two attached hydrogens (primary N) is 1. The summed E-state index contributed by atoms with van der Waals surface area (Å²) in [6, 6.07) is 3.79. The number of benzene rings is 1. The van der Waals surface area contributed by atoms with Gasteiger partial charge < -0.3 is 15.2 Å². The predicted molar refractivity (Wildman–Crippen MR) is 68.4 cm³/mol. The summed E-state index contributed by atoms with van der Waals surface area (Å²) in [6.07, 6.45) is -2.78. The highest BCUT2D eigenvalue weighted by Gasteiger charge is 2.34. The number of ether oxygens (including phenoxy) is 2. The second kappa shape index (κ2) is 6.45. The van der Waals surface area contributed by atoms with Crippen molar-refractivity contribution in [3.8, 4) is 5.75 Å². The molecule has 1 fully saturated rings. The van der Waals surface area contributed by atoms with Gasteiger partial charge in [-0.3, -0.25) is 0 Å². The summed E-state index contributed by atoms with van der Waals surface area (Å²) >= 11 is 0. The molecule has 0 aromatic heterocycles. The molecule has 0 bridgehead atoms. The molecule has 3 nitrogen and oxygen atoms in total. The molecule has 1 heterocycles. The first-order valence-electron chi connectivity index (χ1n) is 6.61. The molecule has 2 N–H and O–H groups in total. The zero-order valence-electron chi connectivity index (χ0n) is 11.1. The monoisotopic (exact) mass is 289 g/mol. The zero-order chi connectivity index (χ0) is 14.6. The lowest BCUT2D eigenvalue weighted by atomic mass is 10.0. The average molecular weight is 289 g/mol. The number of halogens is 3. The molecule has 1 aromatic carbocycles. The Morgan fingerprint density at radius 1 is 1.25 bits per heavy atom. The summed E-state index contributed by atoms with van der Waals surface area (Å²) in [5.41, 5.74) is 5.34. The minimum absolute atomic E-state index is 0.132. The quantitative estimate of drug-likeness (QED) is 0.926. The minimum atomic E-state index is -4.42. The Bertz CT molecular complexity index is 443. The van der Waals surface area contributed by atoms with E-state index in [0.717, 1.165) is 18.9 Å². The molecular formula is C14H18F3NO2. The van der Waals surface area contributed by atoms with Crippen LogP contribution in [0, 0.1) is 5.92 Å². The molecular weight excluding hydrogens is 271 g/mol. The van der Waals surface area contributed by atoms with Crippen molar-refractivity contribution in [2.24, 2.45) is 11.7 Å². The molecule has 1 saturated heterocycles. The second-order valence-electron chi connectivity index (χ2n) is 4.90. The number of alkyl halides is 3. The van der Waals surface area contributed by atoms with Gasteiger partial charge in [-0.05, 0) is 36.5 Å². The summed E-state index contributed by atoms with van der Waals surface area (Å²) in [7, 11) is 0. The highest BCUT2D eigenvalue weighted by Crippen LogP contribution is 2.37. The van der Waals surface area contributed by atoms with E-state index >= 15 is 0 Å². The molecule has 20 heavy (non-hydrogen) atoms. The van der Waals surface area contributed by atoms with E-state index in [1.165, 1.54) is 12.1 Å². The third-order valence-corrected chi connectivity index (χ3v) is 3.40. The summed E-state index contributed by atoms with van der Waals surface area (Å²) in [5, 5.41) is 0. The Hall–Kier alpha value is -1.27. The van der Waals surface area contributed by atoms with E-state index in [-0.39, 0.29) is 24.8 Å². The third-order valence-electron chi connectivity index (χ3n) is 3.40. The van der Waals surface area contributed by atoms with Gasteiger partial charge in [-0.1, -0.05) is 6.07 Å². The maximum absolute atomic E-state index is 12.9. The van der Waals surface area contributed by atoms with Gasteiger partial charge in [0, 0.05) is 19.8 Å². The SMILES string of the molecule is NCc1ccc(C(F)(F)F)c(OCC2CCOCC2)c1. The molecule has 0 atom stereocenters. The highest BCUT2D eigenvalue weighted by atomic mass is 19.4. The van der Waals surface area contributed by atoms with Crippen molar-refractivity contribution in [1.82, 2.24) is 0 Å². The standard InChI is InChI=1S/C14H18F3NO2/c15-14(16,17)12-2-1-11(8-18)7-13(12)20-9-10-3-5-19-6-4-10/h1-2,7,10H,3-6,8-9,18H2. The van der Waals surface area contributed by atoms with Crippen LogP contribution in [0.5, 0.6) is 5.75 Å². The van der Waals surface area contributed by atoms with Gasteiger partial charge in [0.1, 0.15) is 5.75 Å². The Labute approximate surface area is 115 Å².